The maximum absolute atomic E-state index is 11.2. The second kappa shape index (κ2) is 5.93. The first kappa shape index (κ1) is 14.6. The Morgan fingerprint density at radius 3 is 2.59 bits per heavy atom. The number of hydrogen-bond donors (Lipinski definition) is 1. The van der Waals surface area contributed by atoms with E-state index in [1.165, 1.54) is 17.6 Å². The Hall–Kier alpha value is -0.460. The smallest absolute Gasteiger partial charge is 0.153 e. The molecule has 0 spiro atoms. The van der Waals surface area contributed by atoms with Crippen LogP contribution in [0.4, 0.5) is 0 Å². The van der Waals surface area contributed by atoms with Gasteiger partial charge in [-0.05, 0) is 19.4 Å². The van der Waals surface area contributed by atoms with E-state index in [1.54, 1.807) is 0 Å². The van der Waals surface area contributed by atoms with Gasteiger partial charge in [0.05, 0.1) is 5.69 Å². The molecule has 1 rings (SSSR count). The van der Waals surface area contributed by atoms with E-state index in [2.05, 4.69) is 24.1 Å². The van der Waals surface area contributed by atoms with E-state index < -0.39 is 9.84 Å². The number of aromatic nitrogens is 1. The fourth-order valence-corrected chi connectivity index (χ4v) is 3.64. The summed E-state index contributed by atoms with van der Waals surface area (Å²) in [5, 5.41) is 4.03. The lowest BCUT2D eigenvalue weighted by Crippen LogP contribution is -2.18. The summed E-state index contributed by atoms with van der Waals surface area (Å²) in [4.78, 5) is 5.42. The van der Waals surface area contributed by atoms with Crippen molar-refractivity contribution in [3.05, 3.63) is 15.6 Å². The molecule has 0 saturated carbocycles. The van der Waals surface area contributed by atoms with Gasteiger partial charge in [0, 0.05) is 17.7 Å². The monoisotopic (exact) mass is 276 g/mol. The Balaban J connectivity index is 2.62. The third-order valence-electron chi connectivity index (χ3n) is 2.16. The van der Waals surface area contributed by atoms with E-state index in [9.17, 15) is 8.42 Å². The van der Waals surface area contributed by atoms with Gasteiger partial charge < -0.3 is 5.32 Å². The van der Waals surface area contributed by atoms with Crippen molar-refractivity contribution in [1.29, 1.82) is 0 Å². The first-order valence-electron chi connectivity index (χ1n) is 5.61. The highest BCUT2D eigenvalue weighted by molar-refractivity contribution is 7.90. The molecule has 1 N–H and O–H groups in total. The van der Waals surface area contributed by atoms with Gasteiger partial charge in [-0.3, -0.25) is 0 Å². The van der Waals surface area contributed by atoms with Gasteiger partial charge >= 0.3 is 0 Å². The number of thiazole rings is 1. The Bertz CT molecular complexity index is 464. The van der Waals surface area contributed by atoms with Crippen molar-refractivity contribution in [2.24, 2.45) is 5.92 Å². The highest BCUT2D eigenvalue weighted by Crippen LogP contribution is 2.19. The molecule has 1 heterocycles. The van der Waals surface area contributed by atoms with Crippen molar-refractivity contribution in [3.8, 4) is 0 Å². The molecule has 0 amide bonds. The quantitative estimate of drug-likeness (QED) is 0.860. The predicted octanol–water partition coefficient (Wildman–Crippen LogP) is 1.74. The lowest BCUT2D eigenvalue weighted by Gasteiger charge is -2.05. The average Bonchev–Trinajstić information content (AvgIpc) is 2.42. The maximum atomic E-state index is 11.2. The van der Waals surface area contributed by atoms with Crippen LogP contribution in [-0.4, -0.2) is 26.2 Å². The lowest BCUT2D eigenvalue weighted by atomic mass is 10.2. The van der Waals surface area contributed by atoms with Gasteiger partial charge in [0.2, 0.25) is 0 Å². The minimum atomic E-state index is -2.99. The zero-order chi connectivity index (χ0) is 13.1. The number of nitrogens with one attached hydrogen (secondary N) is 1. The van der Waals surface area contributed by atoms with Crippen molar-refractivity contribution < 1.29 is 8.42 Å². The Morgan fingerprint density at radius 1 is 1.41 bits per heavy atom. The molecule has 0 saturated heterocycles. The van der Waals surface area contributed by atoms with Gasteiger partial charge in [-0.25, -0.2) is 13.4 Å². The number of nitrogens with zero attached hydrogens (tertiary/aromatic N) is 1. The van der Waals surface area contributed by atoms with Gasteiger partial charge in [-0.2, -0.15) is 0 Å². The summed E-state index contributed by atoms with van der Waals surface area (Å²) in [6.45, 7) is 7.96. The van der Waals surface area contributed by atoms with Gasteiger partial charge in [0.1, 0.15) is 10.8 Å². The zero-order valence-corrected chi connectivity index (χ0v) is 12.4. The summed E-state index contributed by atoms with van der Waals surface area (Å²) in [6, 6.07) is 0. The second-order valence-corrected chi connectivity index (χ2v) is 8.02. The van der Waals surface area contributed by atoms with Crippen molar-refractivity contribution in [2.45, 2.75) is 33.1 Å². The van der Waals surface area contributed by atoms with Crippen molar-refractivity contribution >= 4 is 21.2 Å². The Morgan fingerprint density at radius 2 is 2.06 bits per heavy atom. The normalized spacial score (nSPS) is 12.3. The third kappa shape index (κ3) is 5.61. The third-order valence-corrected chi connectivity index (χ3v) is 4.30. The number of rotatable bonds is 6. The first-order chi connectivity index (χ1) is 7.78. The minimum Gasteiger partial charge on any atom is -0.312 e. The highest BCUT2D eigenvalue weighted by Gasteiger charge is 2.12. The summed E-state index contributed by atoms with van der Waals surface area (Å²) in [7, 11) is -2.99. The first-order valence-corrected chi connectivity index (χ1v) is 8.49. The fraction of sp³-hybridized carbons (Fsp3) is 0.727. The standard InChI is InChI=1S/C11H20N2O2S2/c1-8(2)5-12-6-10-9(3)13-11(16-10)7-17(4,14)15/h8,12H,5-7H2,1-4H3. The van der Waals surface area contributed by atoms with Crippen LogP contribution in [-0.2, 0) is 22.1 Å². The fourth-order valence-electron chi connectivity index (χ4n) is 1.41. The molecule has 0 aliphatic heterocycles. The van der Waals surface area contributed by atoms with Crippen LogP contribution < -0.4 is 5.32 Å². The van der Waals surface area contributed by atoms with Gasteiger partial charge in [0.25, 0.3) is 0 Å². The summed E-state index contributed by atoms with van der Waals surface area (Å²) in [5.41, 5.74) is 0.935. The van der Waals surface area contributed by atoms with Crippen LogP contribution in [0.15, 0.2) is 0 Å². The average molecular weight is 276 g/mol. The molecule has 0 atom stereocenters. The van der Waals surface area contributed by atoms with Crippen LogP contribution in [0.5, 0.6) is 0 Å². The molecule has 0 fully saturated rings. The van der Waals surface area contributed by atoms with E-state index in [4.69, 9.17) is 0 Å². The minimum absolute atomic E-state index is 0.0443. The molecule has 98 valence electrons. The van der Waals surface area contributed by atoms with E-state index >= 15 is 0 Å². The molecule has 1 aromatic rings. The predicted molar refractivity (Wildman–Crippen MR) is 71.9 cm³/mol. The molecule has 1 aromatic heterocycles. The summed E-state index contributed by atoms with van der Waals surface area (Å²) >= 11 is 1.49. The maximum Gasteiger partial charge on any atom is 0.153 e. The molecule has 17 heavy (non-hydrogen) atoms. The topological polar surface area (TPSA) is 59.1 Å². The number of hydrogen-bond acceptors (Lipinski definition) is 5. The van der Waals surface area contributed by atoms with Crippen molar-refractivity contribution in [1.82, 2.24) is 10.3 Å². The van der Waals surface area contributed by atoms with Crippen LogP contribution in [0, 0.1) is 12.8 Å². The molecule has 4 nitrogen and oxygen atoms in total. The van der Waals surface area contributed by atoms with Crippen LogP contribution >= 0.6 is 11.3 Å². The van der Waals surface area contributed by atoms with Crippen LogP contribution in [0.2, 0.25) is 0 Å². The summed E-state index contributed by atoms with van der Waals surface area (Å²) in [6.07, 6.45) is 1.24. The SMILES string of the molecule is Cc1nc(CS(C)(=O)=O)sc1CNCC(C)C. The van der Waals surface area contributed by atoms with Crippen LogP contribution in [0.3, 0.4) is 0 Å². The van der Waals surface area contributed by atoms with Gasteiger partial charge in [-0.1, -0.05) is 13.8 Å². The molecule has 0 unspecified atom stereocenters. The van der Waals surface area contributed by atoms with Crippen molar-refractivity contribution in [2.75, 3.05) is 12.8 Å². The van der Waals surface area contributed by atoms with Crippen LogP contribution in [0.1, 0.15) is 29.4 Å². The molecular weight excluding hydrogens is 256 g/mol. The highest BCUT2D eigenvalue weighted by atomic mass is 32.2. The number of sulfone groups is 1. The molecule has 0 aliphatic rings. The zero-order valence-electron chi connectivity index (χ0n) is 10.8. The number of aryl methyl sites for hydroxylation is 1. The van der Waals surface area contributed by atoms with Crippen molar-refractivity contribution in [3.63, 3.8) is 0 Å². The second-order valence-electron chi connectivity index (χ2n) is 4.71. The summed E-state index contributed by atoms with van der Waals surface area (Å²) < 4.78 is 22.4. The molecule has 0 radical (unpaired) electrons. The molecule has 0 bridgehead atoms. The molecule has 0 aromatic carbocycles. The van der Waals surface area contributed by atoms with E-state index in [0.717, 1.165) is 23.7 Å². The molecule has 6 heteroatoms. The van der Waals surface area contributed by atoms with E-state index in [-0.39, 0.29) is 5.75 Å². The van der Waals surface area contributed by atoms with E-state index in [0.29, 0.717) is 10.9 Å². The molecule has 0 aliphatic carbocycles. The largest absolute Gasteiger partial charge is 0.312 e. The summed E-state index contributed by atoms with van der Waals surface area (Å²) in [5.74, 6) is 0.654. The van der Waals surface area contributed by atoms with Gasteiger partial charge in [-0.15, -0.1) is 11.3 Å². The lowest BCUT2D eigenvalue weighted by molar-refractivity contribution is 0.554. The Labute approximate surface area is 107 Å². The van der Waals surface area contributed by atoms with Gasteiger partial charge in [0.15, 0.2) is 9.84 Å². The van der Waals surface area contributed by atoms with E-state index in [1.807, 2.05) is 6.92 Å². The Kier molecular flexibility index (Phi) is 5.09. The molecular formula is C11H20N2O2S2. The van der Waals surface area contributed by atoms with Crippen LogP contribution in [0.25, 0.3) is 0 Å².